The van der Waals surface area contributed by atoms with Crippen LogP contribution >= 0.6 is 11.3 Å². The molecule has 0 aliphatic rings. The monoisotopic (exact) mass is 370 g/mol. The second kappa shape index (κ2) is 8.14. The van der Waals surface area contributed by atoms with Gasteiger partial charge in [-0.15, -0.1) is 11.3 Å². The van der Waals surface area contributed by atoms with Gasteiger partial charge < -0.3 is 15.6 Å². The summed E-state index contributed by atoms with van der Waals surface area (Å²) in [5.41, 5.74) is 1.83. The summed E-state index contributed by atoms with van der Waals surface area (Å²) in [6.45, 7) is 4.38. The van der Waals surface area contributed by atoms with E-state index in [-0.39, 0.29) is 30.2 Å². The molecule has 136 valence electrons. The number of aromatic nitrogens is 2. The van der Waals surface area contributed by atoms with E-state index >= 15 is 0 Å². The highest BCUT2D eigenvalue weighted by Crippen LogP contribution is 2.22. The predicted molar refractivity (Wildman–Crippen MR) is 103 cm³/mol. The topological polar surface area (TPSA) is 86.9 Å². The molecule has 1 atom stereocenters. The fourth-order valence-electron chi connectivity index (χ4n) is 2.70. The van der Waals surface area contributed by atoms with Crippen LogP contribution in [0.2, 0.25) is 0 Å². The minimum absolute atomic E-state index is 0.115. The van der Waals surface area contributed by atoms with E-state index in [9.17, 15) is 9.59 Å². The van der Waals surface area contributed by atoms with Crippen molar-refractivity contribution in [1.29, 1.82) is 0 Å². The lowest BCUT2D eigenvalue weighted by Gasteiger charge is -2.20. The van der Waals surface area contributed by atoms with Crippen LogP contribution in [0.4, 0.5) is 0 Å². The minimum Gasteiger partial charge on any atom is -0.351 e. The highest BCUT2D eigenvalue weighted by atomic mass is 32.1. The van der Waals surface area contributed by atoms with Crippen molar-refractivity contribution in [2.75, 3.05) is 6.54 Å². The Balaban J connectivity index is 1.57. The Kier molecular flexibility index (Phi) is 5.68. The van der Waals surface area contributed by atoms with Gasteiger partial charge in [0.2, 0.25) is 5.91 Å². The summed E-state index contributed by atoms with van der Waals surface area (Å²) in [5.74, 6) is 0.665. The fraction of sp³-hybridized carbons (Fsp3) is 0.316. The first-order valence-corrected chi connectivity index (χ1v) is 9.48. The van der Waals surface area contributed by atoms with Gasteiger partial charge in [0, 0.05) is 13.0 Å². The van der Waals surface area contributed by atoms with Crippen molar-refractivity contribution < 1.29 is 9.59 Å². The minimum atomic E-state index is -0.206. The zero-order valence-corrected chi connectivity index (χ0v) is 15.6. The number of amides is 2. The number of thiophene rings is 1. The van der Waals surface area contributed by atoms with E-state index in [1.54, 1.807) is 6.07 Å². The van der Waals surface area contributed by atoms with Crippen LogP contribution in [-0.4, -0.2) is 28.3 Å². The summed E-state index contributed by atoms with van der Waals surface area (Å²) in [4.78, 5) is 32.7. The van der Waals surface area contributed by atoms with Crippen LogP contribution in [0.3, 0.4) is 0 Å². The maximum Gasteiger partial charge on any atom is 0.261 e. The number of benzene rings is 1. The van der Waals surface area contributed by atoms with Gasteiger partial charge in [0.15, 0.2) is 0 Å². The standard InChI is InChI=1S/C19H22N4O2S/c1-12(2)17(18-21-13-6-3-4-7-14(13)22-18)23-16(24)9-10-20-19(25)15-8-5-11-26-15/h3-8,11-12,17H,9-10H2,1-2H3,(H,20,25)(H,21,22)(H,23,24). The molecule has 1 unspecified atom stereocenters. The van der Waals surface area contributed by atoms with Crippen LogP contribution in [0.1, 0.15) is 41.8 Å². The maximum absolute atomic E-state index is 12.3. The molecule has 7 heteroatoms. The SMILES string of the molecule is CC(C)C(NC(=O)CCNC(=O)c1cccs1)c1nc2ccccc2[nH]1. The number of fused-ring (bicyclic) bond motifs is 1. The molecule has 2 amide bonds. The molecule has 0 radical (unpaired) electrons. The quantitative estimate of drug-likeness (QED) is 0.597. The van der Waals surface area contributed by atoms with Crippen molar-refractivity contribution in [1.82, 2.24) is 20.6 Å². The average Bonchev–Trinajstić information content (AvgIpc) is 3.28. The van der Waals surface area contributed by atoms with Crippen molar-refractivity contribution in [3.63, 3.8) is 0 Å². The summed E-state index contributed by atoms with van der Waals surface area (Å²) in [6.07, 6.45) is 0.223. The lowest BCUT2D eigenvalue weighted by molar-refractivity contribution is -0.122. The number of carbonyl (C=O) groups is 2. The van der Waals surface area contributed by atoms with Crippen molar-refractivity contribution in [3.05, 3.63) is 52.5 Å². The number of H-pyrrole nitrogens is 1. The van der Waals surface area contributed by atoms with E-state index in [1.807, 2.05) is 49.6 Å². The second-order valence-electron chi connectivity index (χ2n) is 6.41. The molecule has 0 aliphatic carbocycles. The molecule has 2 heterocycles. The number of rotatable bonds is 7. The summed E-state index contributed by atoms with van der Waals surface area (Å²) < 4.78 is 0. The number of nitrogens with zero attached hydrogens (tertiary/aromatic N) is 1. The Morgan fingerprint density at radius 1 is 1.19 bits per heavy atom. The van der Waals surface area contributed by atoms with Gasteiger partial charge in [-0.3, -0.25) is 9.59 Å². The van der Waals surface area contributed by atoms with Gasteiger partial charge in [0.25, 0.3) is 5.91 Å². The molecule has 0 spiro atoms. The van der Waals surface area contributed by atoms with E-state index < -0.39 is 0 Å². The molecule has 26 heavy (non-hydrogen) atoms. The summed E-state index contributed by atoms with van der Waals surface area (Å²) in [5, 5.41) is 7.64. The largest absolute Gasteiger partial charge is 0.351 e. The number of para-hydroxylation sites is 2. The van der Waals surface area contributed by atoms with Crippen LogP contribution < -0.4 is 10.6 Å². The Hall–Kier alpha value is -2.67. The van der Waals surface area contributed by atoms with Crippen molar-refractivity contribution >= 4 is 34.2 Å². The van der Waals surface area contributed by atoms with Crippen LogP contribution in [0.25, 0.3) is 11.0 Å². The van der Waals surface area contributed by atoms with Gasteiger partial charge in [0.05, 0.1) is 22.0 Å². The van der Waals surface area contributed by atoms with Crippen molar-refractivity contribution in [3.8, 4) is 0 Å². The second-order valence-corrected chi connectivity index (χ2v) is 7.36. The first kappa shape index (κ1) is 18.1. The van der Waals surface area contributed by atoms with E-state index in [0.717, 1.165) is 16.9 Å². The lowest BCUT2D eigenvalue weighted by Crippen LogP contribution is -2.35. The third kappa shape index (κ3) is 4.29. The summed E-state index contributed by atoms with van der Waals surface area (Å²) in [6, 6.07) is 11.2. The average molecular weight is 370 g/mol. The van der Waals surface area contributed by atoms with E-state index in [2.05, 4.69) is 20.6 Å². The maximum atomic E-state index is 12.3. The molecule has 0 bridgehead atoms. The number of aromatic amines is 1. The Morgan fingerprint density at radius 3 is 2.69 bits per heavy atom. The molecule has 0 aliphatic heterocycles. The number of imidazole rings is 1. The highest BCUT2D eigenvalue weighted by molar-refractivity contribution is 7.12. The molecule has 3 N–H and O–H groups in total. The van der Waals surface area contributed by atoms with Crippen LogP contribution in [0.15, 0.2) is 41.8 Å². The predicted octanol–water partition coefficient (Wildman–Crippen LogP) is 3.26. The van der Waals surface area contributed by atoms with Crippen molar-refractivity contribution in [2.45, 2.75) is 26.3 Å². The third-order valence-electron chi connectivity index (χ3n) is 4.07. The van der Waals surface area contributed by atoms with Gasteiger partial charge in [-0.05, 0) is 29.5 Å². The van der Waals surface area contributed by atoms with Gasteiger partial charge in [-0.25, -0.2) is 4.98 Å². The molecule has 0 saturated carbocycles. The number of nitrogens with one attached hydrogen (secondary N) is 3. The van der Waals surface area contributed by atoms with Crippen molar-refractivity contribution in [2.24, 2.45) is 5.92 Å². The number of hydrogen-bond acceptors (Lipinski definition) is 4. The van der Waals surface area contributed by atoms with Crippen LogP contribution in [0.5, 0.6) is 0 Å². The molecule has 0 saturated heterocycles. The lowest BCUT2D eigenvalue weighted by atomic mass is 10.0. The number of carbonyl (C=O) groups excluding carboxylic acids is 2. The molecule has 2 aromatic heterocycles. The molecular weight excluding hydrogens is 348 g/mol. The number of hydrogen-bond donors (Lipinski definition) is 3. The highest BCUT2D eigenvalue weighted by Gasteiger charge is 2.21. The normalized spacial score (nSPS) is 12.3. The Labute approximate surface area is 156 Å². The van der Waals surface area contributed by atoms with Gasteiger partial charge in [0.1, 0.15) is 5.82 Å². The Morgan fingerprint density at radius 2 is 2.00 bits per heavy atom. The first-order valence-electron chi connectivity index (χ1n) is 8.60. The fourth-order valence-corrected chi connectivity index (χ4v) is 3.34. The van der Waals surface area contributed by atoms with Gasteiger partial charge in [-0.2, -0.15) is 0 Å². The van der Waals surface area contributed by atoms with E-state index in [1.165, 1.54) is 11.3 Å². The first-order chi connectivity index (χ1) is 12.5. The zero-order chi connectivity index (χ0) is 18.5. The van der Waals surface area contributed by atoms with Crippen LogP contribution in [-0.2, 0) is 4.79 Å². The van der Waals surface area contributed by atoms with Crippen LogP contribution in [0, 0.1) is 5.92 Å². The Bertz CT molecular complexity index is 853. The molecule has 3 rings (SSSR count). The molecule has 1 aromatic carbocycles. The molecule has 3 aromatic rings. The zero-order valence-electron chi connectivity index (χ0n) is 14.8. The van der Waals surface area contributed by atoms with Gasteiger partial charge >= 0.3 is 0 Å². The van der Waals surface area contributed by atoms with E-state index in [4.69, 9.17) is 0 Å². The third-order valence-corrected chi connectivity index (χ3v) is 4.94. The molecule has 6 nitrogen and oxygen atoms in total. The van der Waals surface area contributed by atoms with E-state index in [0.29, 0.717) is 11.4 Å². The summed E-state index contributed by atoms with van der Waals surface area (Å²) in [7, 11) is 0. The smallest absolute Gasteiger partial charge is 0.261 e. The summed E-state index contributed by atoms with van der Waals surface area (Å²) >= 11 is 1.38. The molecule has 0 fully saturated rings. The van der Waals surface area contributed by atoms with Gasteiger partial charge in [-0.1, -0.05) is 32.0 Å². The molecular formula is C19H22N4O2S.